The molecule has 1 rings (SSSR count). The number of carbonyl (C=O) groups excluding carboxylic acids is 1. The molecule has 24 heavy (non-hydrogen) atoms. The predicted octanol–water partition coefficient (Wildman–Crippen LogP) is 1.52. The summed E-state index contributed by atoms with van der Waals surface area (Å²) >= 11 is 0. The summed E-state index contributed by atoms with van der Waals surface area (Å²) in [6, 6.07) is 0. The van der Waals surface area contributed by atoms with Crippen LogP contribution in [0.25, 0.3) is 0 Å². The number of hydroxylamine groups is 2. The number of nitrogens with zero attached hydrogens (tertiary/aromatic N) is 3. The summed E-state index contributed by atoms with van der Waals surface area (Å²) in [5, 5.41) is 20.8. The summed E-state index contributed by atoms with van der Waals surface area (Å²) in [5.41, 5.74) is -2.23. The van der Waals surface area contributed by atoms with Gasteiger partial charge >= 0.3 is 5.97 Å². The average molecular weight is 349 g/mol. The van der Waals surface area contributed by atoms with E-state index in [0.717, 1.165) is 0 Å². The molecule has 0 aromatic rings. The summed E-state index contributed by atoms with van der Waals surface area (Å²) in [4.78, 5) is 48.3. The Morgan fingerprint density at radius 2 is 1.42 bits per heavy atom. The van der Waals surface area contributed by atoms with Gasteiger partial charge in [-0.05, 0) is 27.7 Å². The van der Waals surface area contributed by atoms with Crippen molar-refractivity contribution in [2.24, 2.45) is 5.92 Å². The molecular formula is C13H23N3O8. The minimum atomic E-state index is -1.11. The Balaban J connectivity index is 3.26. The van der Waals surface area contributed by atoms with E-state index in [0.29, 0.717) is 0 Å². The van der Waals surface area contributed by atoms with Crippen LogP contribution in [-0.2, 0) is 19.3 Å². The maximum absolute atomic E-state index is 12.0. The smallest absolute Gasteiger partial charge is 0.327 e. The minimum absolute atomic E-state index is 0.113. The molecule has 0 N–H and O–H groups in total. The van der Waals surface area contributed by atoms with Crippen molar-refractivity contribution >= 4 is 5.97 Å². The fourth-order valence-corrected chi connectivity index (χ4v) is 2.76. The fourth-order valence-electron chi connectivity index (χ4n) is 2.76. The van der Waals surface area contributed by atoms with Gasteiger partial charge in [-0.25, -0.2) is 0 Å². The van der Waals surface area contributed by atoms with Crippen LogP contribution >= 0.6 is 0 Å². The average Bonchev–Trinajstić information content (AvgIpc) is 2.39. The first-order valence-electron chi connectivity index (χ1n) is 7.44. The molecule has 0 aromatic carbocycles. The monoisotopic (exact) mass is 349 g/mol. The van der Waals surface area contributed by atoms with Gasteiger partial charge in [0.2, 0.25) is 0 Å². The first-order valence-corrected chi connectivity index (χ1v) is 7.44. The van der Waals surface area contributed by atoms with Gasteiger partial charge in [0, 0.05) is 6.42 Å². The van der Waals surface area contributed by atoms with E-state index < -0.39 is 45.3 Å². The molecule has 0 amide bonds. The minimum Gasteiger partial charge on any atom is -0.366 e. The lowest BCUT2D eigenvalue weighted by Crippen LogP contribution is -2.71. The Bertz CT molecular complexity index is 485. The van der Waals surface area contributed by atoms with Crippen molar-refractivity contribution in [3.05, 3.63) is 20.2 Å². The lowest BCUT2D eigenvalue weighted by Gasteiger charge is -2.55. The second kappa shape index (κ2) is 6.75. The predicted molar refractivity (Wildman–Crippen MR) is 79.3 cm³/mol. The van der Waals surface area contributed by atoms with Crippen LogP contribution in [0.15, 0.2) is 0 Å². The topological polar surface area (TPSA) is 134 Å². The number of hydrogen-bond acceptors (Lipinski definition) is 9. The van der Waals surface area contributed by atoms with Crippen molar-refractivity contribution in [1.29, 1.82) is 0 Å². The van der Waals surface area contributed by atoms with E-state index in [1.54, 1.807) is 41.5 Å². The zero-order valence-corrected chi connectivity index (χ0v) is 14.5. The molecule has 0 aromatic heterocycles. The SMILES string of the molecule is CC(C)C(=O)ON1C(C)(C)C(O[N+](=O)[O-])CC(O[N+](=O)[O-])C1(C)C. The van der Waals surface area contributed by atoms with E-state index in [2.05, 4.69) is 9.68 Å². The molecule has 1 fully saturated rings. The summed E-state index contributed by atoms with van der Waals surface area (Å²) in [5.74, 6) is -1.03. The first-order chi connectivity index (χ1) is 10.8. The Morgan fingerprint density at radius 1 is 1.04 bits per heavy atom. The quantitative estimate of drug-likeness (QED) is 0.516. The zero-order valence-electron chi connectivity index (χ0n) is 14.5. The maximum Gasteiger partial charge on any atom is 0.327 e. The summed E-state index contributed by atoms with van der Waals surface area (Å²) < 4.78 is 0. The fraction of sp³-hybridized carbons (Fsp3) is 0.923. The van der Waals surface area contributed by atoms with Crippen LogP contribution in [0.4, 0.5) is 0 Å². The molecule has 0 spiro atoms. The molecule has 0 radical (unpaired) electrons. The van der Waals surface area contributed by atoms with E-state index in [1.165, 1.54) is 5.06 Å². The number of hydrogen-bond donors (Lipinski definition) is 0. The van der Waals surface area contributed by atoms with Gasteiger partial charge in [0.1, 0.15) is 12.2 Å². The van der Waals surface area contributed by atoms with Crippen LogP contribution in [0.5, 0.6) is 0 Å². The molecule has 11 heteroatoms. The number of piperidine rings is 1. The van der Waals surface area contributed by atoms with E-state index in [1.807, 2.05) is 0 Å². The third kappa shape index (κ3) is 4.02. The van der Waals surface area contributed by atoms with Crippen molar-refractivity contribution in [1.82, 2.24) is 5.06 Å². The van der Waals surface area contributed by atoms with E-state index in [9.17, 15) is 25.0 Å². The molecule has 0 aliphatic carbocycles. The van der Waals surface area contributed by atoms with Crippen molar-refractivity contribution in [3.8, 4) is 0 Å². The molecule has 0 bridgehead atoms. The zero-order chi connectivity index (χ0) is 18.9. The molecule has 1 aliphatic rings. The normalized spacial score (nSPS) is 25.8. The molecule has 1 heterocycles. The van der Waals surface area contributed by atoms with Gasteiger partial charge in [-0.2, -0.15) is 0 Å². The molecule has 2 atom stereocenters. The molecule has 1 saturated heterocycles. The standard InChI is InChI=1S/C13H23N3O8/c1-8(2)11(17)24-14-12(3,4)9(22-15(18)19)7-10(13(14,5)6)23-16(20)21/h8-10H,7H2,1-6H3. The summed E-state index contributed by atoms with van der Waals surface area (Å²) in [6.07, 6.45) is -2.30. The largest absolute Gasteiger partial charge is 0.366 e. The van der Waals surface area contributed by atoms with E-state index >= 15 is 0 Å². The van der Waals surface area contributed by atoms with Gasteiger partial charge in [0.25, 0.3) is 10.2 Å². The van der Waals surface area contributed by atoms with Gasteiger partial charge < -0.3 is 14.5 Å². The van der Waals surface area contributed by atoms with E-state index in [-0.39, 0.29) is 6.42 Å². The lowest BCUT2D eigenvalue weighted by atomic mass is 9.78. The van der Waals surface area contributed by atoms with Gasteiger partial charge in [0.05, 0.1) is 17.0 Å². The Kier molecular flexibility index (Phi) is 5.59. The highest BCUT2D eigenvalue weighted by atomic mass is 17.0. The van der Waals surface area contributed by atoms with E-state index in [4.69, 9.17) is 4.84 Å². The highest BCUT2D eigenvalue weighted by molar-refractivity contribution is 5.71. The Hall–Kier alpha value is -2.17. The number of rotatable bonds is 6. The summed E-state index contributed by atoms with van der Waals surface area (Å²) in [6.45, 7) is 9.64. The lowest BCUT2D eigenvalue weighted by molar-refractivity contribution is -0.787. The van der Waals surface area contributed by atoms with Crippen molar-refractivity contribution in [2.75, 3.05) is 0 Å². The Morgan fingerprint density at radius 3 is 1.71 bits per heavy atom. The number of carbonyl (C=O) groups is 1. The molecule has 138 valence electrons. The van der Waals surface area contributed by atoms with Crippen LogP contribution in [0, 0.1) is 26.1 Å². The van der Waals surface area contributed by atoms with Crippen LogP contribution in [0.3, 0.4) is 0 Å². The van der Waals surface area contributed by atoms with Crippen LogP contribution in [0.2, 0.25) is 0 Å². The molecule has 0 saturated carbocycles. The van der Waals surface area contributed by atoms with Crippen LogP contribution in [-0.4, -0.2) is 44.5 Å². The van der Waals surface area contributed by atoms with Crippen LogP contribution in [0.1, 0.15) is 48.0 Å². The Labute approximate surface area is 139 Å². The molecule has 2 unspecified atom stereocenters. The molecular weight excluding hydrogens is 326 g/mol. The second-order valence-corrected chi connectivity index (χ2v) is 7.04. The summed E-state index contributed by atoms with van der Waals surface area (Å²) in [7, 11) is 0. The van der Waals surface area contributed by atoms with Crippen LogP contribution < -0.4 is 0 Å². The third-order valence-corrected chi connectivity index (χ3v) is 4.13. The van der Waals surface area contributed by atoms with Crippen molar-refractivity contribution in [2.45, 2.75) is 71.2 Å². The highest BCUT2D eigenvalue weighted by Crippen LogP contribution is 2.42. The maximum atomic E-state index is 12.0. The van der Waals surface area contributed by atoms with Gasteiger partial charge in [0.15, 0.2) is 0 Å². The third-order valence-electron chi connectivity index (χ3n) is 4.13. The van der Waals surface area contributed by atoms with Gasteiger partial charge in [-0.3, -0.25) is 4.79 Å². The van der Waals surface area contributed by atoms with Gasteiger partial charge in [-0.1, -0.05) is 13.8 Å². The van der Waals surface area contributed by atoms with Gasteiger partial charge in [-0.15, -0.1) is 25.3 Å². The molecule has 11 nitrogen and oxygen atoms in total. The van der Waals surface area contributed by atoms with Crippen molar-refractivity contribution < 1.29 is 29.5 Å². The first kappa shape index (κ1) is 19.9. The van der Waals surface area contributed by atoms with Crippen molar-refractivity contribution in [3.63, 3.8) is 0 Å². The molecule has 1 aliphatic heterocycles. The second-order valence-electron chi connectivity index (χ2n) is 7.04. The highest BCUT2D eigenvalue weighted by Gasteiger charge is 2.57.